The number of carbonyl (C=O) groups is 2. The number of unbranched alkanes of at least 4 members (excludes halogenated alkanes) is 7. The maximum Gasteiger partial charge on any atom is 0.303 e. The van der Waals surface area contributed by atoms with E-state index in [-0.39, 0.29) is 23.5 Å². The van der Waals surface area contributed by atoms with Crippen LogP contribution in [0.25, 0.3) is 6.08 Å². The van der Waals surface area contributed by atoms with Gasteiger partial charge in [0.1, 0.15) is 21.8 Å². The standard InChI is InChI=1S/C36H46N4O4S2/c1-3-39-33(38-21-18-28(19-22-38)23-27-15-11-10-12-16-27)29(26(2)30(25-37)34(39)43)24-31-35(44)40(36(45)46-31)20-14-9-7-5-4-6-8-13-17-32(41)42/h10-12,15-16,24,28H,3-9,13-14,17-23H2,1-2H3,(H,41,42)/b31-24-. The molecule has 0 bridgehead atoms. The molecule has 10 heteroatoms. The lowest BCUT2D eigenvalue weighted by Gasteiger charge is -2.36. The molecule has 246 valence electrons. The first kappa shape index (κ1) is 35.4. The Labute approximate surface area is 282 Å². The van der Waals surface area contributed by atoms with Crippen molar-refractivity contribution >= 4 is 52.1 Å². The Bertz CT molecular complexity index is 1520. The Morgan fingerprint density at radius 3 is 2.28 bits per heavy atom. The summed E-state index contributed by atoms with van der Waals surface area (Å²) in [6.07, 6.45) is 13.0. The van der Waals surface area contributed by atoms with E-state index in [1.807, 2.05) is 26.0 Å². The number of nitriles is 1. The molecule has 1 N–H and O–H groups in total. The highest BCUT2D eigenvalue weighted by Crippen LogP contribution is 2.37. The van der Waals surface area contributed by atoms with E-state index in [1.54, 1.807) is 9.47 Å². The number of carboxylic acid groups (broad SMARTS) is 1. The van der Waals surface area contributed by atoms with Gasteiger partial charge in [0.05, 0.1) is 4.91 Å². The predicted octanol–water partition coefficient (Wildman–Crippen LogP) is 7.30. The van der Waals surface area contributed by atoms with Crippen LogP contribution >= 0.6 is 24.0 Å². The minimum absolute atomic E-state index is 0.117. The molecule has 0 unspecified atom stereocenters. The van der Waals surface area contributed by atoms with Crippen molar-refractivity contribution in [2.75, 3.05) is 24.5 Å². The smallest absolute Gasteiger partial charge is 0.303 e. The lowest BCUT2D eigenvalue weighted by Crippen LogP contribution is -2.39. The number of carbonyl (C=O) groups excluding carboxylic acids is 1. The number of pyridine rings is 1. The Morgan fingerprint density at radius 1 is 1.04 bits per heavy atom. The molecule has 2 saturated heterocycles. The van der Waals surface area contributed by atoms with E-state index < -0.39 is 5.97 Å². The Morgan fingerprint density at radius 2 is 1.67 bits per heavy atom. The number of amides is 1. The minimum Gasteiger partial charge on any atom is -0.481 e. The van der Waals surface area contributed by atoms with Gasteiger partial charge in [-0.25, -0.2) is 0 Å². The van der Waals surface area contributed by atoms with E-state index in [0.717, 1.165) is 95.1 Å². The van der Waals surface area contributed by atoms with E-state index in [2.05, 4.69) is 35.2 Å². The number of benzene rings is 1. The number of carboxylic acids is 1. The Kier molecular flexibility index (Phi) is 13.5. The number of aromatic nitrogens is 1. The Balaban J connectivity index is 1.44. The zero-order valence-electron chi connectivity index (χ0n) is 27.1. The monoisotopic (exact) mass is 662 g/mol. The van der Waals surface area contributed by atoms with Crippen molar-refractivity contribution < 1.29 is 14.7 Å². The Hall–Kier alpha value is -3.42. The summed E-state index contributed by atoms with van der Waals surface area (Å²) in [5, 5.41) is 18.7. The van der Waals surface area contributed by atoms with Crippen LogP contribution in [-0.4, -0.2) is 50.4 Å². The van der Waals surface area contributed by atoms with Crippen molar-refractivity contribution in [2.45, 2.75) is 97.4 Å². The molecular formula is C36H46N4O4S2. The molecule has 0 saturated carbocycles. The second-order valence-corrected chi connectivity index (χ2v) is 14.0. The van der Waals surface area contributed by atoms with Crippen LogP contribution in [0.15, 0.2) is 40.0 Å². The van der Waals surface area contributed by atoms with Gasteiger partial charge in [0, 0.05) is 38.2 Å². The van der Waals surface area contributed by atoms with Gasteiger partial charge in [0.15, 0.2) is 0 Å². The molecule has 2 fully saturated rings. The first-order chi connectivity index (χ1) is 22.2. The second-order valence-electron chi connectivity index (χ2n) is 12.3. The summed E-state index contributed by atoms with van der Waals surface area (Å²) in [6, 6.07) is 12.7. The summed E-state index contributed by atoms with van der Waals surface area (Å²) in [6.45, 7) is 6.33. The predicted molar refractivity (Wildman–Crippen MR) is 190 cm³/mol. The number of hydrogen-bond donors (Lipinski definition) is 1. The molecule has 46 heavy (non-hydrogen) atoms. The number of thiocarbonyl (C=S) groups is 1. The highest BCUT2D eigenvalue weighted by atomic mass is 32.2. The van der Waals surface area contributed by atoms with E-state index in [4.69, 9.17) is 17.3 Å². The third-order valence-corrected chi connectivity index (χ3v) is 10.5. The number of thioether (sulfide) groups is 1. The molecule has 2 aromatic rings. The van der Waals surface area contributed by atoms with Gasteiger partial charge in [-0.2, -0.15) is 5.26 Å². The molecule has 8 nitrogen and oxygen atoms in total. The number of anilines is 1. The molecule has 4 rings (SSSR count). The van der Waals surface area contributed by atoms with Crippen LogP contribution in [0.1, 0.15) is 99.8 Å². The third-order valence-electron chi connectivity index (χ3n) is 9.12. The van der Waals surface area contributed by atoms with E-state index in [1.165, 1.54) is 17.3 Å². The van der Waals surface area contributed by atoms with Gasteiger partial charge in [-0.05, 0) is 69.1 Å². The molecule has 1 aromatic carbocycles. The number of nitrogens with zero attached hydrogens (tertiary/aromatic N) is 4. The summed E-state index contributed by atoms with van der Waals surface area (Å²) < 4.78 is 2.24. The SMILES string of the molecule is CCn1c(N2CCC(Cc3ccccc3)CC2)c(/C=C2\SC(=S)N(CCCCCCCCCCC(=O)O)C2=O)c(C)c(C#N)c1=O. The molecule has 2 aliphatic rings. The fourth-order valence-electron chi connectivity index (χ4n) is 6.51. The van der Waals surface area contributed by atoms with E-state index >= 15 is 0 Å². The van der Waals surface area contributed by atoms with Crippen molar-refractivity contribution in [1.29, 1.82) is 5.26 Å². The molecule has 3 heterocycles. The quantitative estimate of drug-likeness (QED) is 0.113. The number of rotatable bonds is 16. The normalized spacial score (nSPS) is 16.4. The van der Waals surface area contributed by atoms with Crippen LogP contribution in [0.3, 0.4) is 0 Å². The summed E-state index contributed by atoms with van der Waals surface area (Å²) in [7, 11) is 0. The van der Waals surface area contributed by atoms with Crippen molar-refractivity contribution in [3.8, 4) is 6.07 Å². The molecule has 1 amide bonds. The van der Waals surface area contributed by atoms with Gasteiger partial charge in [0.2, 0.25) is 0 Å². The van der Waals surface area contributed by atoms with Gasteiger partial charge in [-0.3, -0.25) is 23.9 Å². The summed E-state index contributed by atoms with van der Waals surface area (Å²) >= 11 is 6.93. The van der Waals surface area contributed by atoms with Crippen LogP contribution in [0, 0.1) is 24.2 Å². The van der Waals surface area contributed by atoms with Gasteiger partial charge in [-0.15, -0.1) is 0 Å². The maximum atomic E-state index is 13.6. The average molecular weight is 663 g/mol. The van der Waals surface area contributed by atoms with Crippen LogP contribution in [0.4, 0.5) is 5.82 Å². The lowest BCUT2D eigenvalue weighted by molar-refractivity contribution is -0.137. The third kappa shape index (κ3) is 9.10. The number of aliphatic carboxylic acids is 1. The second kappa shape index (κ2) is 17.5. The van der Waals surface area contributed by atoms with Crippen LogP contribution in [0.2, 0.25) is 0 Å². The maximum absolute atomic E-state index is 13.6. The molecule has 2 aliphatic heterocycles. The molecule has 1 aromatic heterocycles. The molecule has 0 aliphatic carbocycles. The highest BCUT2D eigenvalue weighted by molar-refractivity contribution is 8.26. The summed E-state index contributed by atoms with van der Waals surface area (Å²) in [4.78, 5) is 42.1. The van der Waals surface area contributed by atoms with Crippen molar-refractivity contribution in [2.24, 2.45) is 5.92 Å². The first-order valence-corrected chi connectivity index (χ1v) is 17.9. The summed E-state index contributed by atoms with van der Waals surface area (Å²) in [5.74, 6) is 0.500. The zero-order chi connectivity index (χ0) is 33.1. The number of piperidine rings is 1. The van der Waals surface area contributed by atoms with Gasteiger partial charge < -0.3 is 10.0 Å². The van der Waals surface area contributed by atoms with E-state index in [0.29, 0.717) is 33.8 Å². The number of hydrogen-bond acceptors (Lipinski definition) is 7. The molecule has 0 spiro atoms. The first-order valence-electron chi connectivity index (χ1n) is 16.7. The largest absolute Gasteiger partial charge is 0.481 e. The van der Waals surface area contributed by atoms with Gasteiger partial charge in [-0.1, -0.05) is 92.8 Å². The zero-order valence-corrected chi connectivity index (χ0v) is 28.8. The lowest BCUT2D eigenvalue weighted by atomic mass is 9.90. The molecule has 0 radical (unpaired) electrons. The summed E-state index contributed by atoms with van der Waals surface area (Å²) in [5.41, 5.74) is 2.53. The minimum atomic E-state index is -0.729. The van der Waals surface area contributed by atoms with Crippen molar-refractivity contribution in [3.63, 3.8) is 0 Å². The fraction of sp³-hybridized carbons (Fsp3) is 0.528. The topological polar surface area (TPSA) is 107 Å². The van der Waals surface area contributed by atoms with Gasteiger partial charge >= 0.3 is 5.97 Å². The highest BCUT2D eigenvalue weighted by Gasteiger charge is 2.33. The van der Waals surface area contributed by atoms with E-state index in [9.17, 15) is 19.6 Å². The van der Waals surface area contributed by atoms with Crippen LogP contribution in [-0.2, 0) is 22.6 Å². The molecular weight excluding hydrogens is 617 g/mol. The molecule has 0 atom stereocenters. The fourth-order valence-corrected chi connectivity index (χ4v) is 7.80. The van der Waals surface area contributed by atoms with Gasteiger partial charge in [0.25, 0.3) is 11.5 Å². The van der Waals surface area contributed by atoms with Crippen molar-refractivity contribution in [3.05, 3.63) is 67.8 Å². The van der Waals surface area contributed by atoms with Crippen LogP contribution < -0.4 is 10.5 Å². The van der Waals surface area contributed by atoms with Crippen LogP contribution in [0.5, 0.6) is 0 Å². The average Bonchev–Trinajstić information content (AvgIpc) is 3.31. The van der Waals surface area contributed by atoms with Crippen molar-refractivity contribution in [1.82, 2.24) is 9.47 Å².